The molecule has 3 rings (SSSR count). The molecule has 1 heterocycles. The molecule has 3 atom stereocenters. The summed E-state index contributed by atoms with van der Waals surface area (Å²) in [5.74, 6) is 3.61. The van der Waals surface area contributed by atoms with Crippen LogP contribution in [0.15, 0.2) is 11.6 Å². The van der Waals surface area contributed by atoms with E-state index in [0.29, 0.717) is 18.1 Å². The molecule has 0 aromatic carbocycles. The summed E-state index contributed by atoms with van der Waals surface area (Å²) in [6.45, 7) is 2.36. The highest BCUT2D eigenvalue weighted by Crippen LogP contribution is 2.59. The molecule has 0 radical (unpaired) electrons. The van der Waals surface area contributed by atoms with Crippen molar-refractivity contribution in [2.45, 2.75) is 36.7 Å². The number of aliphatic hydroxyl groups is 1. The number of ketones is 1. The van der Waals surface area contributed by atoms with Gasteiger partial charge in [0, 0.05) is 18.9 Å². The zero-order valence-corrected chi connectivity index (χ0v) is 13.1. The van der Waals surface area contributed by atoms with Crippen LogP contribution in [0.3, 0.4) is 0 Å². The van der Waals surface area contributed by atoms with E-state index in [0.717, 1.165) is 18.4 Å². The molecule has 19 heavy (non-hydrogen) atoms. The van der Waals surface area contributed by atoms with Gasteiger partial charge in [0.05, 0.1) is 4.08 Å². The Balaban J connectivity index is 1.99. The minimum atomic E-state index is 0.167. The number of carbonyl (C=O) groups excluding carboxylic acids is 1. The maximum atomic E-state index is 12.4. The van der Waals surface area contributed by atoms with Crippen LogP contribution in [-0.2, 0) is 4.79 Å². The largest absolute Gasteiger partial charge is 0.396 e. The van der Waals surface area contributed by atoms with Gasteiger partial charge in [-0.3, -0.25) is 4.79 Å². The Morgan fingerprint density at radius 3 is 2.84 bits per heavy atom. The van der Waals surface area contributed by atoms with Crippen molar-refractivity contribution in [2.75, 3.05) is 18.1 Å². The molecule has 0 aromatic heterocycles. The van der Waals surface area contributed by atoms with Crippen LogP contribution in [0.5, 0.6) is 0 Å². The lowest BCUT2D eigenvalue weighted by Crippen LogP contribution is -2.49. The standard InChI is InChI=1S/C15H22O2S2/c1-10-8-13(17)11-4-2-5-15(14(11)12(10)9-16)18-6-3-7-19-15/h4,10,12,14,16H,2-3,5-9H2,1H3/t10-,12-,14-/m0/s1. The highest BCUT2D eigenvalue weighted by Gasteiger charge is 2.52. The third kappa shape index (κ3) is 2.30. The summed E-state index contributed by atoms with van der Waals surface area (Å²) in [6, 6.07) is 0. The van der Waals surface area contributed by atoms with Crippen LogP contribution in [0.1, 0.15) is 32.6 Å². The maximum Gasteiger partial charge on any atom is 0.159 e. The first-order valence-corrected chi connectivity index (χ1v) is 9.27. The number of Topliss-reactive ketones (excluding diaryl/α,β-unsaturated/α-hetero) is 1. The van der Waals surface area contributed by atoms with Gasteiger partial charge in [-0.25, -0.2) is 0 Å². The third-order valence-corrected chi connectivity index (χ3v) is 8.43. The van der Waals surface area contributed by atoms with Gasteiger partial charge in [0.15, 0.2) is 5.78 Å². The lowest BCUT2D eigenvalue weighted by Gasteiger charge is -2.51. The number of hydrogen-bond donors (Lipinski definition) is 1. The molecule has 0 unspecified atom stereocenters. The van der Waals surface area contributed by atoms with Crippen LogP contribution in [0.25, 0.3) is 0 Å². The Morgan fingerprint density at radius 2 is 2.16 bits per heavy atom. The zero-order chi connectivity index (χ0) is 13.5. The number of carbonyl (C=O) groups is 1. The second-order valence-electron chi connectivity index (χ2n) is 5.99. The fourth-order valence-electron chi connectivity index (χ4n) is 3.88. The number of rotatable bonds is 1. The molecule has 3 aliphatic rings. The van der Waals surface area contributed by atoms with E-state index in [-0.39, 0.29) is 22.5 Å². The number of aliphatic hydroxyl groups excluding tert-OH is 1. The van der Waals surface area contributed by atoms with Crippen molar-refractivity contribution in [3.8, 4) is 0 Å². The molecule has 106 valence electrons. The van der Waals surface area contributed by atoms with Crippen LogP contribution in [0, 0.1) is 17.8 Å². The smallest absolute Gasteiger partial charge is 0.159 e. The Hall–Kier alpha value is 0.0700. The first kappa shape index (κ1) is 14.0. The van der Waals surface area contributed by atoms with Crippen LogP contribution in [0.4, 0.5) is 0 Å². The maximum absolute atomic E-state index is 12.4. The Kier molecular flexibility index (Phi) is 4.03. The van der Waals surface area contributed by atoms with Gasteiger partial charge in [-0.15, -0.1) is 23.5 Å². The lowest BCUT2D eigenvalue weighted by atomic mass is 9.65. The predicted molar refractivity (Wildman–Crippen MR) is 82.4 cm³/mol. The van der Waals surface area contributed by atoms with Gasteiger partial charge in [-0.2, -0.15) is 0 Å². The summed E-state index contributed by atoms with van der Waals surface area (Å²) in [4.78, 5) is 12.4. The van der Waals surface area contributed by atoms with Crippen LogP contribution < -0.4 is 0 Å². The Morgan fingerprint density at radius 1 is 1.42 bits per heavy atom. The highest BCUT2D eigenvalue weighted by molar-refractivity contribution is 8.18. The van der Waals surface area contributed by atoms with E-state index >= 15 is 0 Å². The molecule has 2 aliphatic carbocycles. The van der Waals surface area contributed by atoms with Crippen molar-refractivity contribution in [1.82, 2.24) is 0 Å². The van der Waals surface area contributed by atoms with Gasteiger partial charge in [0.2, 0.25) is 0 Å². The van der Waals surface area contributed by atoms with Crippen molar-refractivity contribution in [3.05, 3.63) is 11.6 Å². The van der Waals surface area contributed by atoms with E-state index in [1.54, 1.807) is 0 Å². The summed E-state index contributed by atoms with van der Waals surface area (Å²) in [6.07, 6.45) is 6.26. The Labute approximate surface area is 123 Å². The topological polar surface area (TPSA) is 37.3 Å². The lowest BCUT2D eigenvalue weighted by molar-refractivity contribution is -0.120. The fourth-order valence-corrected chi connectivity index (χ4v) is 7.65. The van der Waals surface area contributed by atoms with E-state index in [1.807, 2.05) is 0 Å². The summed E-state index contributed by atoms with van der Waals surface area (Å²) in [5, 5.41) is 9.84. The summed E-state index contributed by atoms with van der Waals surface area (Å²) < 4.78 is 0.167. The molecule has 1 saturated heterocycles. The predicted octanol–water partition coefficient (Wildman–Crippen LogP) is 3.11. The average Bonchev–Trinajstić information content (AvgIpc) is 2.41. The molecule has 0 bridgehead atoms. The highest BCUT2D eigenvalue weighted by atomic mass is 32.2. The van der Waals surface area contributed by atoms with Crippen molar-refractivity contribution < 1.29 is 9.90 Å². The first-order valence-electron chi connectivity index (χ1n) is 7.30. The molecule has 1 N–H and O–H groups in total. The van der Waals surface area contributed by atoms with Gasteiger partial charge in [-0.05, 0) is 48.2 Å². The molecule has 0 aromatic rings. The molecule has 1 saturated carbocycles. The summed E-state index contributed by atoms with van der Waals surface area (Å²) in [5.41, 5.74) is 1.05. The van der Waals surface area contributed by atoms with Crippen LogP contribution in [-0.4, -0.2) is 33.1 Å². The van der Waals surface area contributed by atoms with E-state index in [9.17, 15) is 9.90 Å². The van der Waals surface area contributed by atoms with Gasteiger partial charge in [0.25, 0.3) is 0 Å². The number of hydrogen-bond acceptors (Lipinski definition) is 4. The quantitative estimate of drug-likeness (QED) is 0.807. The monoisotopic (exact) mass is 298 g/mol. The molecule has 1 spiro atoms. The van der Waals surface area contributed by atoms with Gasteiger partial charge >= 0.3 is 0 Å². The minimum absolute atomic E-state index is 0.167. The van der Waals surface area contributed by atoms with E-state index < -0.39 is 0 Å². The summed E-state index contributed by atoms with van der Waals surface area (Å²) in [7, 11) is 0. The van der Waals surface area contributed by atoms with Gasteiger partial charge in [-0.1, -0.05) is 13.0 Å². The van der Waals surface area contributed by atoms with Crippen molar-refractivity contribution >= 4 is 29.3 Å². The molecule has 1 aliphatic heterocycles. The minimum Gasteiger partial charge on any atom is -0.396 e. The van der Waals surface area contributed by atoms with Crippen LogP contribution >= 0.6 is 23.5 Å². The molecule has 4 heteroatoms. The Bertz CT molecular complexity index is 399. The molecular weight excluding hydrogens is 276 g/mol. The SMILES string of the molecule is C[C@H]1CC(=O)C2=CCCC3(SCCCS3)[C@@H]2[C@H]1CO. The number of thioether (sulfide) groups is 2. The molecule has 2 nitrogen and oxygen atoms in total. The fraction of sp³-hybridized carbons (Fsp3) is 0.800. The second-order valence-corrected chi connectivity index (χ2v) is 9.10. The first-order chi connectivity index (χ1) is 9.18. The average molecular weight is 298 g/mol. The second kappa shape index (κ2) is 5.45. The third-order valence-electron chi connectivity index (χ3n) is 4.85. The zero-order valence-electron chi connectivity index (χ0n) is 11.4. The van der Waals surface area contributed by atoms with Crippen LogP contribution in [0.2, 0.25) is 0 Å². The van der Waals surface area contributed by atoms with E-state index in [1.165, 1.54) is 17.9 Å². The van der Waals surface area contributed by atoms with Gasteiger partial charge < -0.3 is 5.11 Å². The normalized spacial score (nSPS) is 37.9. The van der Waals surface area contributed by atoms with Crippen molar-refractivity contribution in [3.63, 3.8) is 0 Å². The van der Waals surface area contributed by atoms with E-state index in [4.69, 9.17) is 0 Å². The number of allylic oxidation sites excluding steroid dienone is 2. The molecule has 0 amide bonds. The summed E-state index contributed by atoms with van der Waals surface area (Å²) >= 11 is 4.11. The number of fused-ring (bicyclic) bond motifs is 2. The van der Waals surface area contributed by atoms with Crippen molar-refractivity contribution in [1.29, 1.82) is 0 Å². The van der Waals surface area contributed by atoms with E-state index in [2.05, 4.69) is 36.5 Å². The van der Waals surface area contributed by atoms with Gasteiger partial charge in [0.1, 0.15) is 0 Å². The molecular formula is C15H22O2S2. The van der Waals surface area contributed by atoms with Crippen molar-refractivity contribution in [2.24, 2.45) is 17.8 Å². The molecule has 2 fully saturated rings.